The number of nitrogens with zero attached hydrogens (tertiary/aromatic N) is 1. The molecule has 0 fully saturated rings. The Bertz CT molecular complexity index is 603. The number of halogens is 1. The van der Waals surface area contributed by atoms with Crippen molar-refractivity contribution >= 4 is 11.6 Å². The quantitative estimate of drug-likeness (QED) is 0.842. The normalized spacial score (nSPS) is 10.8. The van der Waals surface area contributed by atoms with Gasteiger partial charge in [-0.3, -0.25) is 4.98 Å². The third-order valence-electron chi connectivity index (χ3n) is 3.11. The number of hydrogen-bond donors (Lipinski definition) is 1. The summed E-state index contributed by atoms with van der Waals surface area (Å²) < 4.78 is 11.2. The summed E-state index contributed by atoms with van der Waals surface area (Å²) in [4.78, 5) is 4.06. The lowest BCUT2D eigenvalue weighted by molar-refractivity contribution is 0.284. The minimum absolute atomic E-state index is 0.396. The molecule has 1 heterocycles. The van der Waals surface area contributed by atoms with E-state index in [1.807, 2.05) is 24.3 Å². The van der Waals surface area contributed by atoms with Gasteiger partial charge in [0.1, 0.15) is 6.61 Å². The van der Waals surface area contributed by atoms with Gasteiger partial charge in [0.2, 0.25) is 0 Å². The third kappa shape index (κ3) is 4.61. The second-order valence-electron chi connectivity index (χ2n) is 5.29. The van der Waals surface area contributed by atoms with Crippen molar-refractivity contribution in [3.8, 4) is 11.5 Å². The van der Waals surface area contributed by atoms with Crippen molar-refractivity contribution in [2.75, 3.05) is 7.11 Å². The second-order valence-corrected chi connectivity index (χ2v) is 5.70. The van der Waals surface area contributed by atoms with Gasteiger partial charge in [0.25, 0.3) is 0 Å². The highest BCUT2D eigenvalue weighted by atomic mass is 35.5. The zero-order chi connectivity index (χ0) is 15.9. The lowest BCUT2D eigenvalue weighted by Gasteiger charge is -2.15. The maximum atomic E-state index is 6.35. The average molecular weight is 321 g/mol. The molecular formula is C17H21ClN2O2. The number of benzene rings is 1. The number of hydrogen-bond acceptors (Lipinski definition) is 4. The van der Waals surface area contributed by atoms with Crippen molar-refractivity contribution in [3.63, 3.8) is 0 Å². The molecule has 0 amide bonds. The molecule has 0 atom stereocenters. The van der Waals surface area contributed by atoms with Gasteiger partial charge in [-0.15, -0.1) is 0 Å². The Labute approximate surface area is 136 Å². The van der Waals surface area contributed by atoms with E-state index in [9.17, 15) is 0 Å². The number of methoxy groups -OCH3 is 1. The maximum Gasteiger partial charge on any atom is 0.180 e. The van der Waals surface area contributed by atoms with Crippen LogP contribution in [0.2, 0.25) is 5.02 Å². The summed E-state index contributed by atoms with van der Waals surface area (Å²) in [6.45, 7) is 5.33. The van der Waals surface area contributed by atoms with Crippen molar-refractivity contribution in [1.82, 2.24) is 10.3 Å². The molecule has 1 aromatic heterocycles. The van der Waals surface area contributed by atoms with Gasteiger partial charge < -0.3 is 14.8 Å². The SMILES string of the molecule is COc1cc(CNC(C)C)cc(Cl)c1OCc1cccnc1. The van der Waals surface area contributed by atoms with E-state index in [0.29, 0.717) is 29.2 Å². The van der Waals surface area contributed by atoms with Crippen molar-refractivity contribution < 1.29 is 9.47 Å². The Morgan fingerprint density at radius 2 is 2.09 bits per heavy atom. The molecular weight excluding hydrogens is 300 g/mol. The van der Waals surface area contributed by atoms with Gasteiger partial charge in [0.05, 0.1) is 12.1 Å². The molecule has 0 bridgehead atoms. The monoisotopic (exact) mass is 320 g/mol. The first-order valence-electron chi connectivity index (χ1n) is 7.21. The molecule has 0 aliphatic heterocycles. The molecule has 4 nitrogen and oxygen atoms in total. The van der Waals surface area contributed by atoms with Crippen LogP contribution in [-0.4, -0.2) is 18.1 Å². The number of ether oxygens (including phenoxy) is 2. The Morgan fingerprint density at radius 1 is 1.27 bits per heavy atom. The molecule has 0 saturated carbocycles. The van der Waals surface area contributed by atoms with Crippen LogP contribution >= 0.6 is 11.6 Å². The largest absolute Gasteiger partial charge is 0.493 e. The topological polar surface area (TPSA) is 43.4 Å². The zero-order valence-electron chi connectivity index (χ0n) is 13.1. The van der Waals surface area contributed by atoms with Crippen molar-refractivity contribution in [1.29, 1.82) is 0 Å². The van der Waals surface area contributed by atoms with Crippen molar-refractivity contribution in [3.05, 3.63) is 52.8 Å². The average Bonchev–Trinajstić information content (AvgIpc) is 2.52. The van der Waals surface area contributed by atoms with E-state index in [1.165, 1.54) is 0 Å². The summed E-state index contributed by atoms with van der Waals surface area (Å²) in [5.41, 5.74) is 2.04. The van der Waals surface area contributed by atoms with Crippen LogP contribution in [-0.2, 0) is 13.2 Å². The van der Waals surface area contributed by atoms with Crippen molar-refractivity contribution in [2.24, 2.45) is 0 Å². The van der Waals surface area contributed by atoms with Crippen LogP contribution in [0.5, 0.6) is 11.5 Å². The number of pyridine rings is 1. The fourth-order valence-corrected chi connectivity index (χ4v) is 2.26. The van der Waals surface area contributed by atoms with E-state index < -0.39 is 0 Å². The highest BCUT2D eigenvalue weighted by Crippen LogP contribution is 2.36. The molecule has 0 saturated heterocycles. The van der Waals surface area contributed by atoms with Crippen LogP contribution in [0.25, 0.3) is 0 Å². The molecule has 22 heavy (non-hydrogen) atoms. The van der Waals surface area contributed by atoms with Gasteiger partial charge in [-0.1, -0.05) is 31.5 Å². The lowest BCUT2D eigenvalue weighted by atomic mass is 10.2. The van der Waals surface area contributed by atoms with E-state index in [0.717, 1.165) is 17.7 Å². The number of nitrogens with one attached hydrogen (secondary N) is 1. The molecule has 1 aromatic carbocycles. The van der Waals surface area contributed by atoms with Crippen LogP contribution in [0.3, 0.4) is 0 Å². The highest BCUT2D eigenvalue weighted by molar-refractivity contribution is 6.32. The Morgan fingerprint density at radius 3 is 2.73 bits per heavy atom. The number of rotatable bonds is 7. The summed E-state index contributed by atoms with van der Waals surface area (Å²) in [5, 5.41) is 3.90. The van der Waals surface area contributed by atoms with E-state index in [-0.39, 0.29) is 0 Å². The van der Waals surface area contributed by atoms with Gasteiger partial charge in [0.15, 0.2) is 11.5 Å². The molecule has 118 valence electrons. The standard InChI is InChI=1S/C17H21ClN2O2/c1-12(2)20-10-14-7-15(18)17(16(8-14)21-3)22-11-13-5-4-6-19-9-13/h4-9,12,20H,10-11H2,1-3H3. The fraction of sp³-hybridized carbons (Fsp3) is 0.353. The first-order chi connectivity index (χ1) is 10.6. The highest BCUT2D eigenvalue weighted by Gasteiger charge is 2.12. The lowest BCUT2D eigenvalue weighted by Crippen LogP contribution is -2.21. The van der Waals surface area contributed by atoms with Crippen LogP contribution in [0.15, 0.2) is 36.7 Å². The van der Waals surface area contributed by atoms with E-state index in [4.69, 9.17) is 21.1 Å². The summed E-state index contributed by atoms with van der Waals surface area (Å²) in [7, 11) is 1.61. The first-order valence-corrected chi connectivity index (χ1v) is 7.59. The van der Waals surface area contributed by atoms with E-state index >= 15 is 0 Å². The summed E-state index contributed by atoms with van der Waals surface area (Å²) in [6.07, 6.45) is 3.49. The molecule has 0 aliphatic carbocycles. The number of aromatic nitrogens is 1. The minimum Gasteiger partial charge on any atom is -0.493 e. The fourth-order valence-electron chi connectivity index (χ4n) is 1.98. The van der Waals surface area contributed by atoms with Crippen LogP contribution in [0.4, 0.5) is 0 Å². The first kappa shape index (κ1) is 16.6. The molecule has 0 radical (unpaired) electrons. The van der Waals surface area contributed by atoms with Gasteiger partial charge in [-0.05, 0) is 23.8 Å². The predicted octanol–water partition coefficient (Wildman–Crippen LogP) is 3.82. The second kappa shape index (κ2) is 8.01. The van der Waals surface area contributed by atoms with E-state index in [1.54, 1.807) is 19.5 Å². The third-order valence-corrected chi connectivity index (χ3v) is 3.39. The molecule has 2 aromatic rings. The smallest absolute Gasteiger partial charge is 0.180 e. The molecule has 5 heteroatoms. The van der Waals surface area contributed by atoms with Gasteiger partial charge in [0, 0.05) is 30.5 Å². The van der Waals surface area contributed by atoms with Crippen LogP contribution in [0, 0.1) is 0 Å². The van der Waals surface area contributed by atoms with Crippen LogP contribution in [0.1, 0.15) is 25.0 Å². The summed E-state index contributed by atoms with van der Waals surface area (Å²) >= 11 is 6.35. The molecule has 0 unspecified atom stereocenters. The minimum atomic E-state index is 0.396. The van der Waals surface area contributed by atoms with Crippen molar-refractivity contribution in [2.45, 2.75) is 33.0 Å². The Hall–Kier alpha value is -1.78. The Balaban J connectivity index is 2.13. The molecule has 0 aliphatic rings. The molecule has 2 rings (SSSR count). The van der Waals surface area contributed by atoms with Gasteiger partial charge in [-0.25, -0.2) is 0 Å². The van der Waals surface area contributed by atoms with Crippen LogP contribution < -0.4 is 14.8 Å². The Kier molecular flexibility index (Phi) is 6.04. The molecule has 0 spiro atoms. The summed E-state index contributed by atoms with van der Waals surface area (Å²) in [6, 6.07) is 8.08. The predicted molar refractivity (Wildman–Crippen MR) is 88.5 cm³/mol. The summed E-state index contributed by atoms with van der Waals surface area (Å²) in [5.74, 6) is 1.19. The zero-order valence-corrected chi connectivity index (χ0v) is 13.9. The van der Waals surface area contributed by atoms with Gasteiger partial charge >= 0.3 is 0 Å². The maximum absolute atomic E-state index is 6.35. The van der Waals surface area contributed by atoms with Gasteiger partial charge in [-0.2, -0.15) is 0 Å². The van der Waals surface area contributed by atoms with E-state index in [2.05, 4.69) is 24.1 Å². The molecule has 1 N–H and O–H groups in total.